The van der Waals surface area contributed by atoms with E-state index in [4.69, 9.17) is 5.73 Å². The van der Waals surface area contributed by atoms with E-state index in [1.165, 1.54) is 37.1 Å². The molecule has 1 atom stereocenters. The molecule has 0 bridgehead atoms. The molecule has 0 radical (unpaired) electrons. The van der Waals surface area contributed by atoms with Crippen molar-refractivity contribution >= 4 is 0 Å². The smallest absolute Gasteiger partial charge is 0.0424 e. The quantitative estimate of drug-likeness (QED) is 0.900. The molecule has 1 aromatic carbocycles. The zero-order valence-electron chi connectivity index (χ0n) is 12.5. The molecule has 1 aliphatic heterocycles. The van der Waals surface area contributed by atoms with Gasteiger partial charge in [0.05, 0.1) is 0 Å². The highest BCUT2D eigenvalue weighted by molar-refractivity contribution is 5.24. The third-order valence-electron chi connectivity index (χ3n) is 4.25. The molecule has 1 heterocycles. The summed E-state index contributed by atoms with van der Waals surface area (Å²) in [5.41, 5.74) is 8.86. The largest absolute Gasteiger partial charge is 0.323 e. The molecule has 0 aromatic heterocycles. The summed E-state index contributed by atoms with van der Waals surface area (Å²) in [5, 5.41) is 0. The summed E-state index contributed by atoms with van der Waals surface area (Å²) >= 11 is 0. The van der Waals surface area contributed by atoms with Crippen LogP contribution in [0.25, 0.3) is 0 Å². The molecule has 1 saturated heterocycles. The highest BCUT2D eigenvalue weighted by atomic mass is 15.2. The van der Waals surface area contributed by atoms with Crippen LogP contribution in [0.5, 0.6) is 0 Å². The Kier molecular flexibility index (Phi) is 4.97. The van der Waals surface area contributed by atoms with E-state index in [1.807, 2.05) is 0 Å². The first kappa shape index (κ1) is 14.5. The second-order valence-corrected chi connectivity index (χ2v) is 6.01. The van der Waals surface area contributed by atoms with Gasteiger partial charge in [-0.3, -0.25) is 0 Å². The van der Waals surface area contributed by atoms with Gasteiger partial charge in [0.25, 0.3) is 0 Å². The van der Waals surface area contributed by atoms with Crippen LogP contribution in [0.3, 0.4) is 0 Å². The van der Waals surface area contributed by atoms with Gasteiger partial charge in [-0.2, -0.15) is 0 Å². The summed E-state index contributed by atoms with van der Waals surface area (Å²) in [6, 6.07) is 9.49. The maximum absolute atomic E-state index is 6.32. The van der Waals surface area contributed by atoms with E-state index in [0.717, 1.165) is 12.6 Å². The minimum Gasteiger partial charge on any atom is -0.323 e. The molecule has 1 aromatic rings. The lowest BCUT2D eigenvalue weighted by Crippen LogP contribution is -2.44. The number of nitrogens with two attached hydrogens (primary N) is 1. The zero-order chi connectivity index (χ0) is 13.8. The van der Waals surface area contributed by atoms with Crippen LogP contribution in [0, 0.1) is 6.92 Å². The average molecular weight is 261 g/mol. The molecule has 0 spiro atoms. The number of rotatable bonds is 4. The molecular formula is C16H27N3. The lowest BCUT2D eigenvalue weighted by molar-refractivity contribution is 0.139. The second-order valence-electron chi connectivity index (χ2n) is 6.01. The molecule has 0 amide bonds. The van der Waals surface area contributed by atoms with Gasteiger partial charge in [-0.1, -0.05) is 29.8 Å². The fourth-order valence-corrected chi connectivity index (χ4v) is 2.82. The van der Waals surface area contributed by atoms with Gasteiger partial charge in [-0.15, -0.1) is 0 Å². The van der Waals surface area contributed by atoms with Crippen molar-refractivity contribution < 1.29 is 0 Å². The molecule has 106 valence electrons. The van der Waals surface area contributed by atoms with E-state index in [0.29, 0.717) is 0 Å². The number of nitrogens with zero attached hydrogens (tertiary/aromatic N) is 2. The van der Waals surface area contributed by atoms with Crippen LogP contribution < -0.4 is 5.73 Å². The fourth-order valence-electron chi connectivity index (χ4n) is 2.82. The van der Waals surface area contributed by atoms with Crippen LogP contribution in [-0.4, -0.2) is 49.6 Å². The van der Waals surface area contributed by atoms with E-state index < -0.39 is 0 Å². The van der Waals surface area contributed by atoms with Crippen LogP contribution >= 0.6 is 0 Å². The number of benzene rings is 1. The first-order valence-electron chi connectivity index (χ1n) is 7.27. The summed E-state index contributed by atoms with van der Waals surface area (Å²) in [5.74, 6) is 0. The molecule has 1 fully saturated rings. The molecule has 2 rings (SSSR count). The summed E-state index contributed by atoms with van der Waals surface area (Å²) in [6.07, 6.45) is 2.52. The first-order chi connectivity index (χ1) is 9.06. The predicted octanol–water partition coefficient (Wildman–Crippen LogP) is 2.02. The monoisotopic (exact) mass is 261 g/mol. The topological polar surface area (TPSA) is 32.5 Å². The maximum Gasteiger partial charge on any atom is 0.0424 e. The van der Waals surface area contributed by atoms with E-state index in [2.05, 4.69) is 55.1 Å². The van der Waals surface area contributed by atoms with Gasteiger partial charge < -0.3 is 15.5 Å². The Bertz CT molecular complexity index is 377. The summed E-state index contributed by atoms with van der Waals surface area (Å²) < 4.78 is 0. The van der Waals surface area contributed by atoms with Crippen molar-refractivity contribution in [3.63, 3.8) is 0 Å². The minimum absolute atomic E-state index is 0.136. The fraction of sp³-hybridized carbons (Fsp3) is 0.625. The third kappa shape index (κ3) is 4.03. The second kappa shape index (κ2) is 6.51. The Labute approximate surface area is 117 Å². The Morgan fingerprint density at radius 2 is 1.79 bits per heavy atom. The van der Waals surface area contributed by atoms with Crippen molar-refractivity contribution in [2.45, 2.75) is 31.8 Å². The third-order valence-corrected chi connectivity index (χ3v) is 4.25. The van der Waals surface area contributed by atoms with Gasteiger partial charge in [-0.05, 0) is 52.5 Å². The zero-order valence-corrected chi connectivity index (χ0v) is 12.5. The number of hydrogen-bond donors (Lipinski definition) is 1. The van der Waals surface area contributed by atoms with Crippen molar-refractivity contribution in [1.29, 1.82) is 0 Å². The van der Waals surface area contributed by atoms with Gasteiger partial charge >= 0.3 is 0 Å². The molecule has 3 nitrogen and oxygen atoms in total. The Morgan fingerprint density at radius 3 is 2.32 bits per heavy atom. The van der Waals surface area contributed by atoms with E-state index in [9.17, 15) is 0 Å². The molecule has 1 aliphatic rings. The number of likely N-dealkylation sites (tertiary alicyclic amines) is 1. The SMILES string of the molecule is Cc1ccc(C(N)CN2CCC(N(C)C)CC2)cc1. The van der Waals surface area contributed by atoms with Crippen LogP contribution in [0.15, 0.2) is 24.3 Å². The van der Waals surface area contributed by atoms with Gasteiger partial charge in [0.2, 0.25) is 0 Å². The summed E-state index contributed by atoms with van der Waals surface area (Å²) in [6.45, 7) is 5.43. The summed E-state index contributed by atoms with van der Waals surface area (Å²) in [7, 11) is 4.36. The molecule has 0 aliphatic carbocycles. The number of hydrogen-bond acceptors (Lipinski definition) is 3. The molecule has 2 N–H and O–H groups in total. The highest BCUT2D eigenvalue weighted by Crippen LogP contribution is 2.18. The number of aryl methyl sites for hydroxylation is 1. The molecule has 1 unspecified atom stereocenters. The summed E-state index contributed by atoms with van der Waals surface area (Å²) in [4.78, 5) is 4.85. The van der Waals surface area contributed by atoms with Crippen LogP contribution in [0.4, 0.5) is 0 Å². The van der Waals surface area contributed by atoms with Gasteiger partial charge in [0.15, 0.2) is 0 Å². The lowest BCUT2D eigenvalue weighted by atomic mass is 10.0. The molecule has 0 saturated carbocycles. The maximum atomic E-state index is 6.32. The normalized spacial score (nSPS) is 19.8. The van der Waals surface area contributed by atoms with Crippen LogP contribution in [-0.2, 0) is 0 Å². The van der Waals surface area contributed by atoms with Crippen molar-refractivity contribution in [2.24, 2.45) is 5.73 Å². The molecular weight excluding hydrogens is 234 g/mol. The highest BCUT2D eigenvalue weighted by Gasteiger charge is 2.21. The van der Waals surface area contributed by atoms with Crippen molar-refractivity contribution in [2.75, 3.05) is 33.7 Å². The van der Waals surface area contributed by atoms with Crippen LogP contribution in [0.1, 0.15) is 30.0 Å². The molecule has 3 heteroatoms. The van der Waals surface area contributed by atoms with Crippen LogP contribution in [0.2, 0.25) is 0 Å². The van der Waals surface area contributed by atoms with Gasteiger partial charge in [-0.25, -0.2) is 0 Å². The van der Waals surface area contributed by atoms with Gasteiger partial charge in [0, 0.05) is 18.6 Å². The van der Waals surface area contributed by atoms with Crippen molar-refractivity contribution in [3.05, 3.63) is 35.4 Å². The Hall–Kier alpha value is -0.900. The van der Waals surface area contributed by atoms with E-state index in [-0.39, 0.29) is 6.04 Å². The van der Waals surface area contributed by atoms with Gasteiger partial charge in [0.1, 0.15) is 0 Å². The van der Waals surface area contributed by atoms with Crippen molar-refractivity contribution in [3.8, 4) is 0 Å². The predicted molar refractivity (Wildman–Crippen MR) is 81.3 cm³/mol. The average Bonchev–Trinajstić information content (AvgIpc) is 2.40. The number of piperidine rings is 1. The van der Waals surface area contributed by atoms with E-state index in [1.54, 1.807) is 0 Å². The molecule has 19 heavy (non-hydrogen) atoms. The Morgan fingerprint density at radius 1 is 1.21 bits per heavy atom. The lowest BCUT2D eigenvalue weighted by Gasteiger charge is -2.36. The van der Waals surface area contributed by atoms with E-state index >= 15 is 0 Å². The Balaban J connectivity index is 1.83. The standard InChI is InChI=1S/C16H27N3/c1-13-4-6-14(7-5-13)16(17)12-19-10-8-15(9-11-19)18(2)3/h4-7,15-16H,8-12,17H2,1-3H3. The minimum atomic E-state index is 0.136. The van der Waals surface area contributed by atoms with Crippen molar-refractivity contribution in [1.82, 2.24) is 9.80 Å². The first-order valence-corrected chi connectivity index (χ1v) is 7.27.